The molecule has 0 aliphatic carbocycles. The van der Waals surface area contributed by atoms with E-state index in [1.165, 1.54) is 0 Å². The molecule has 0 heterocycles. The minimum absolute atomic E-state index is 0.440. The van der Waals surface area contributed by atoms with Crippen molar-refractivity contribution in [3.63, 3.8) is 0 Å². The van der Waals surface area contributed by atoms with Gasteiger partial charge in [0, 0.05) is 8.15 Å². The van der Waals surface area contributed by atoms with E-state index in [9.17, 15) is 0 Å². The first kappa shape index (κ1) is 16.3. The van der Waals surface area contributed by atoms with E-state index < -0.39 is 8.15 Å². The summed E-state index contributed by atoms with van der Waals surface area (Å²) in [6, 6.07) is 10.0. The molecule has 1 N–H and O–H groups in total. The summed E-state index contributed by atoms with van der Waals surface area (Å²) in [5, 5.41) is 0. The minimum Gasteiger partial charge on any atom is -0.214 e. The smallest absolute Gasteiger partial charge is 0.172 e. The predicted octanol–water partition coefficient (Wildman–Crippen LogP) is 3.81. The van der Waals surface area contributed by atoms with Gasteiger partial charge in [0.25, 0.3) is 0 Å². The van der Waals surface area contributed by atoms with Gasteiger partial charge in [-0.25, -0.2) is 12.1 Å². The van der Waals surface area contributed by atoms with E-state index in [1.807, 2.05) is 30.3 Å². The molecule has 5 heteroatoms. The second-order valence-corrected chi connectivity index (χ2v) is 21.0. The van der Waals surface area contributed by atoms with E-state index in [1.54, 1.807) is 13.3 Å². The van der Waals surface area contributed by atoms with Crippen LogP contribution in [-0.2, 0) is 10.5 Å². The fourth-order valence-corrected chi connectivity index (χ4v) is 0.321. The van der Waals surface area contributed by atoms with Crippen LogP contribution in [0.15, 0.2) is 30.3 Å². The molecule has 1 aromatic carbocycles. The number of rotatable bonds is 0. The average Bonchev–Trinajstić information content (AvgIpc) is 2.40. The van der Waals surface area contributed by atoms with E-state index in [4.69, 9.17) is 4.89 Å². The standard InChI is InChI=1S/C5H5.C2H7OP.2HI.Ir/c1-2-4-5-3-1;1-4(2)3;;;/h1-5H;3H,1-2H3;2*1H;/q-1;;;;+3/p-2. The summed E-state index contributed by atoms with van der Waals surface area (Å²) >= 11 is 4.80. The molecule has 0 aliphatic rings. The second kappa shape index (κ2) is 15.3. The monoisotopic (exact) mass is 590 g/mol. The summed E-state index contributed by atoms with van der Waals surface area (Å²) in [5.41, 5.74) is 0. The van der Waals surface area contributed by atoms with Crippen LogP contribution in [-0.4, -0.2) is 18.2 Å². The fraction of sp³-hybridized carbons (Fsp3) is 0.286. The van der Waals surface area contributed by atoms with E-state index in [2.05, 4.69) is 39.2 Å². The number of halogens is 2. The third-order valence-electron chi connectivity index (χ3n) is 0.556. The van der Waals surface area contributed by atoms with Crippen molar-refractivity contribution in [1.29, 1.82) is 0 Å². The molecule has 0 fully saturated rings. The molecule has 0 aliphatic heterocycles. The fourth-order valence-electron chi connectivity index (χ4n) is 0.321. The number of hydrogen-bond donors (Lipinski definition) is 1. The van der Waals surface area contributed by atoms with Crippen molar-refractivity contribution in [2.45, 2.75) is 0 Å². The molecule has 1 nitrogen and oxygen atoms in total. The Labute approximate surface area is 105 Å². The van der Waals surface area contributed by atoms with E-state index in [0.29, 0.717) is 10.5 Å². The molecule has 0 unspecified atom stereocenters. The second-order valence-electron chi connectivity index (χ2n) is 1.86. The third kappa shape index (κ3) is 29.7. The van der Waals surface area contributed by atoms with Crippen molar-refractivity contribution in [2.75, 3.05) is 13.3 Å². The van der Waals surface area contributed by atoms with E-state index >= 15 is 0 Å². The van der Waals surface area contributed by atoms with Crippen molar-refractivity contribution in [3.8, 4) is 0 Å². The molecular weight excluding hydrogens is 577 g/mol. The molecule has 1 aromatic rings. The summed E-state index contributed by atoms with van der Waals surface area (Å²) in [4.78, 5) is 8.12. The van der Waals surface area contributed by atoms with Gasteiger partial charge < -0.3 is 4.89 Å². The normalized spacial score (nSPS) is 8.17. The Morgan fingerprint density at radius 2 is 1.50 bits per heavy atom. The van der Waals surface area contributed by atoms with Crippen molar-refractivity contribution < 1.29 is 15.4 Å². The van der Waals surface area contributed by atoms with Crippen LogP contribution in [0.2, 0.25) is 0 Å². The number of hydrogen-bond acceptors (Lipinski definition) is 1. The van der Waals surface area contributed by atoms with Crippen molar-refractivity contribution in [1.82, 2.24) is 0 Å². The Hall–Kier alpha value is 1.85. The first-order valence-corrected chi connectivity index (χ1v) is 18.8. The molecule has 74 valence electrons. The van der Waals surface area contributed by atoms with Gasteiger partial charge in [-0.1, -0.05) is 0 Å². The topological polar surface area (TPSA) is 20.2 Å². The molecule has 0 saturated heterocycles. The van der Waals surface area contributed by atoms with E-state index in [-0.39, 0.29) is 0 Å². The maximum atomic E-state index is 8.12. The zero-order chi connectivity index (χ0) is 9.82. The van der Waals surface area contributed by atoms with Crippen LogP contribution in [0.5, 0.6) is 0 Å². The van der Waals surface area contributed by atoms with Crippen molar-refractivity contribution in [2.24, 2.45) is 0 Å². The van der Waals surface area contributed by atoms with Gasteiger partial charge in [0.15, 0.2) is 0 Å². The summed E-state index contributed by atoms with van der Waals surface area (Å²) in [5.74, 6) is 0. The summed E-state index contributed by atoms with van der Waals surface area (Å²) in [6.45, 7) is 3.57. The maximum absolute atomic E-state index is 8.12. The molecule has 0 amide bonds. The average molecular weight is 589 g/mol. The van der Waals surface area contributed by atoms with Gasteiger partial charge in [-0.05, 0) is 13.3 Å². The van der Waals surface area contributed by atoms with Gasteiger partial charge in [0.1, 0.15) is 0 Å². The van der Waals surface area contributed by atoms with Gasteiger partial charge in [-0.15, -0.1) is 0 Å². The molecule has 0 atom stereocenters. The predicted molar refractivity (Wildman–Crippen MR) is 71.1 cm³/mol. The van der Waals surface area contributed by atoms with Crippen LogP contribution in [0.4, 0.5) is 0 Å². The molecule has 12 heavy (non-hydrogen) atoms. The quantitative estimate of drug-likeness (QED) is 0.278. The van der Waals surface area contributed by atoms with E-state index in [0.717, 1.165) is 0 Å². The zero-order valence-corrected chi connectivity index (χ0v) is 14.5. The molecular formula is C7H12I2IrOP. The van der Waals surface area contributed by atoms with Crippen molar-refractivity contribution in [3.05, 3.63) is 30.3 Å². The summed E-state index contributed by atoms with van der Waals surface area (Å²) in [6.07, 6.45) is 0. The molecule has 1 rings (SSSR count). The van der Waals surface area contributed by atoms with Crippen LogP contribution >= 0.6 is 47.3 Å². The molecule has 0 radical (unpaired) electrons. The Bertz CT molecular complexity index is 116. The minimum atomic E-state index is -0.620. The third-order valence-corrected chi connectivity index (χ3v) is 0.556. The Kier molecular flexibility index (Phi) is 20.8. The van der Waals surface area contributed by atoms with Crippen molar-refractivity contribution >= 4 is 47.3 Å². The van der Waals surface area contributed by atoms with Gasteiger partial charge in [0.05, 0.1) is 0 Å². The van der Waals surface area contributed by atoms with Gasteiger partial charge >= 0.3 is 49.7 Å². The van der Waals surface area contributed by atoms with Gasteiger partial charge in [0.2, 0.25) is 0 Å². The molecule has 0 saturated carbocycles. The van der Waals surface area contributed by atoms with Crippen LogP contribution in [0, 0.1) is 0 Å². The molecule has 0 bridgehead atoms. The molecule has 0 spiro atoms. The molecule has 0 aromatic heterocycles. The summed E-state index contributed by atoms with van der Waals surface area (Å²) in [7, 11) is -0.180. The Morgan fingerprint density at radius 3 is 1.58 bits per heavy atom. The van der Waals surface area contributed by atoms with Crippen LogP contribution in [0.3, 0.4) is 0 Å². The first-order valence-electron chi connectivity index (χ1n) is 3.01. The SMILES string of the molecule is CP(C)O.[I][Ir+][I].c1cc[cH-]c1. The Balaban J connectivity index is 0. The van der Waals surface area contributed by atoms with Crippen LogP contribution in [0.25, 0.3) is 0 Å². The maximum Gasteiger partial charge on any atom is -0.172 e. The first-order chi connectivity index (χ1) is 5.65. The summed E-state index contributed by atoms with van der Waals surface area (Å²) < 4.78 is 0. The van der Waals surface area contributed by atoms with Gasteiger partial charge in [-0.2, -0.15) is 18.2 Å². The Morgan fingerprint density at radius 1 is 1.25 bits per heavy atom. The zero-order valence-electron chi connectivity index (χ0n) is 6.87. The van der Waals surface area contributed by atoms with Gasteiger partial charge in [-0.3, -0.25) is 0 Å². The largest absolute Gasteiger partial charge is 0.214 e. The van der Waals surface area contributed by atoms with Crippen LogP contribution < -0.4 is 0 Å². The van der Waals surface area contributed by atoms with Crippen LogP contribution in [0.1, 0.15) is 0 Å².